The Balaban J connectivity index is 1.81. The average Bonchev–Trinajstić information content (AvgIpc) is 2.96. The van der Waals surface area contributed by atoms with E-state index in [1.165, 1.54) is 38.5 Å². The summed E-state index contributed by atoms with van der Waals surface area (Å²) in [5.74, 6) is 2.94. The fourth-order valence-corrected chi connectivity index (χ4v) is 4.76. The summed E-state index contributed by atoms with van der Waals surface area (Å²) in [6, 6.07) is 11.0. The van der Waals surface area contributed by atoms with E-state index < -0.39 is 0 Å². The van der Waals surface area contributed by atoms with Gasteiger partial charge in [-0.15, -0.1) is 0 Å². The van der Waals surface area contributed by atoms with Gasteiger partial charge in [-0.2, -0.15) is 0 Å². The molecule has 0 amide bonds. The smallest absolute Gasteiger partial charge is 0.200 e. The molecule has 0 bridgehead atoms. The molecule has 0 aliphatic carbocycles. The Kier molecular flexibility index (Phi) is 14.8. The molecule has 0 aliphatic heterocycles. The lowest BCUT2D eigenvalue weighted by Crippen LogP contribution is -2.04. The Labute approximate surface area is 254 Å². The van der Waals surface area contributed by atoms with Gasteiger partial charge in [-0.25, -0.2) is 15.0 Å². The third kappa shape index (κ3) is 11.1. The van der Waals surface area contributed by atoms with E-state index in [1.807, 2.05) is 24.3 Å². The molecule has 0 fully saturated rings. The fourth-order valence-electron chi connectivity index (χ4n) is 4.43. The third-order valence-corrected chi connectivity index (χ3v) is 7.16. The van der Waals surface area contributed by atoms with Crippen molar-refractivity contribution in [2.75, 3.05) is 19.8 Å². The molecule has 0 atom stereocenters. The quantitative estimate of drug-likeness (QED) is 0.125. The number of phenolic OH excluding ortho intramolecular Hbond substituents is 1. The van der Waals surface area contributed by atoms with Gasteiger partial charge >= 0.3 is 0 Å². The van der Waals surface area contributed by atoms with Crippen molar-refractivity contribution in [3.8, 4) is 45.8 Å². The second-order valence-corrected chi connectivity index (χ2v) is 11.0. The number of benzene rings is 2. The second-order valence-electron chi connectivity index (χ2n) is 10.3. The molecular formula is C33H46BrN3O4. The predicted octanol–water partition coefficient (Wildman–Crippen LogP) is 9.55. The van der Waals surface area contributed by atoms with E-state index in [2.05, 4.69) is 46.7 Å². The van der Waals surface area contributed by atoms with E-state index in [4.69, 9.17) is 19.2 Å². The van der Waals surface area contributed by atoms with E-state index in [1.54, 1.807) is 12.1 Å². The number of phenols is 1. The lowest BCUT2D eigenvalue weighted by molar-refractivity contribution is 0.291. The molecule has 1 aromatic heterocycles. The van der Waals surface area contributed by atoms with Gasteiger partial charge in [0.15, 0.2) is 11.6 Å². The molecule has 0 radical (unpaired) electrons. The molecule has 3 rings (SSSR count). The minimum atomic E-state index is 0.0549. The molecule has 41 heavy (non-hydrogen) atoms. The summed E-state index contributed by atoms with van der Waals surface area (Å²) in [5, 5.41) is 10.8. The normalized spacial score (nSPS) is 11.0. The molecule has 7 nitrogen and oxygen atoms in total. The minimum Gasteiger partial charge on any atom is -0.507 e. The zero-order valence-electron chi connectivity index (χ0n) is 25.0. The first kappa shape index (κ1) is 32.6. The van der Waals surface area contributed by atoms with Crippen LogP contribution in [0.15, 0.2) is 41.1 Å². The van der Waals surface area contributed by atoms with Gasteiger partial charge in [-0.3, -0.25) is 0 Å². The van der Waals surface area contributed by atoms with Gasteiger partial charge in [-0.1, -0.05) is 78.6 Å². The number of ether oxygens (including phenoxy) is 3. The van der Waals surface area contributed by atoms with Crippen molar-refractivity contribution < 1.29 is 19.3 Å². The molecule has 2 aromatic carbocycles. The van der Waals surface area contributed by atoms with Gasteiger partial charge in [0.2, 0.25) is 4.73 Å². The second kappa shape index (κ2) is 18.5. The standard InChI is InChI=1S/C33H46BrN3O4/c1-4-7-10-13-20-39-25-16-18-27(29(38)23-25)31-35-32(37-33(34)36-31)28-19-17-26(40-21-14-11-8-5-2)24-30(28)41-22-15-12-9-6-3/h16-19,23-24,38H,4-15,20-22H2,1-3H3. The number of rotatable bonds is 20. The number of hydrogen-bond donors (Lipinski definition) is 1. The Hall–Kier alpha value is -2.87. The Morgan fingerprint density at radius 1 is 0.585 bits per heavy atom. The zero-order valence-corrected chi connectivity index (χ0v) is 26.5. The highest BCUT2D eigenvalue weighted by atomic mass is 79.9. The molecule has 0 aliphatic rings. The summed E-state index contributed by atoms with van der Waals surface area (Å²) in [6.07, 6.45) is 13.6. The van der Waals surface area contributed by atoms with Gasteiger partial charge in [-0.05, 0) is 59.5 Å². The number of unbranched alkanes of at least 4 members (excludes halogenated alkanes) is 9. The summed E-state index contributed by atoms with van der Waals surface area (Å²) in [5.41, 5.74) is 1.25. The van der Waals surface area contributed by atoms with Crippen molar-refractivity contribution in [3.05, 3.63) is 41.1 Å². The summed E-state index contributed by atoms with van der Waals surface area (Å²) in [4.78, 5) is 13.7. The molecule has 224 valence electrons. The first-order valence-corrected chi connectivity index (χ1v) is 16.1. The van der Waals surface area contributed by atoms with E-state index in [9.17, 15) is 5.11 Å². The van der Waals surface area contributed by atoms with Crippen LogP contribution in [0, 0.1) is 0 Å². The maximum absolute atomic E-state index is 10.8. The van der Waals surface area contributed by atoms with Gasteiger partial charge in [0.1, 0.15) is 23.0 Å². The fraction of sp³-hybridized carbons (Fsp3) is 0.545. The van der Waals surface area contributed by atoms with Crippen LogP contribution in [0.5, 0.6) is 23.0 Å². The van der Waals surface area contributed by atoms with E-state index in [-0.39, 0.29) is 5.75 Å². The lowest BCUT2D eigenvalue weighted by atomic mass is 10.1. The molecule has 0 unspecified atom stereocenters. The van der Waals surface area contributed by atoms with Crippen molar-refractivity contribution >= 4 is 15.9 Å². The van der Waals surface area contributed by atoms with Crippen molar-refractivity contribution in [1.82, 2.24) is 15.0 Å². The highest BCUT2D eigenvalue weighted by Crippen LogP contribution is 2.35. The van der Waals surface area contributed by atoms with E-state index in [0.29, 0.717) is 53.3 Å². The topological polar surface area (TPSA) is 86.6 Å². The van der Waals surface area contributed by atoms with Gasteiger partial charge in [0.25, 0.3) is 0 Å². The number of halogens is 1. The van der Waals surface area contributed by atoms with Crippen LogP contribution in [-0.4, -0.2) is 39.9 Å². The molecular weight excluding hydrogens is 582 g/mol. The molecule has 0 spiro atoms. The summed E-state index contributed by atoms with van der Waals surface area (Å²) < 4.78 is 18.5. The number of nitrogens with zero attached hydrogens (tertiary/aromatic N) is 3. The van der Waals surface area contributed by atoms with Crippen LogP contribution in [0.25, 0.3) is 22.8 Å². The van der Waals surface area contributed by atoms with Crippen LogP contribution >= 0.6 is 15.9 Å². The van der Waals surface area contributed by atoms with Crippen LogP contribution in [0.4, 0.5) is 0 Å². The average molecular weight is 629 g/mol. The number of aromatic nitrogens is 3. The molecule has 1 heterocycles. The molecule has 3 aromatic rings. The first-order valence-electron chi connectivity index (χ1n) is 15.3. The highest BCUT2D eigenvalue weighted by Gasteiger charge is 2.17. The van der Waals surface area contributed by atoms with Gasteiger partial charge < -0.3 is 19.3 Å². The zero-order chi connectivity index (χ0) is 29.3. The maximum Gasteiger partial charge on any atom is 0.200 e. The number of aromatic hydroxyl groups is 1. The first-order chi connectivity index (χ1) is 20.0. The van der Waals surface area contributed by atoms with Crippen molar-refractivity contribution in [2.45, 2.75) is 97.8 Å². The van der Waals surface area contributed by atoms with Crippen LogP contribution in [0.3, 0.4) is 0 Å². The van der Waals surface area contributed by atoms with Crippen molar-refractivity contribution in [3.63, 3.8) is 0 Å². The lowest BCUT2D eigenvalue weighted by Gasteiger charge is -2.14. The van der Waals surface area contributed by atoms with Crippen LogP contribution in [0.2, 0.25) is 0 Å². The predicted molar refractivity (Wildman–Crippen MR) is 169 cm³/mol. The monoisotopic (exact) mass is 627 g/mol. The Morgan fingerprint density at radius 3 is 1.61 bits per heavy atom. The molecule has 1 N–H and O–H groups in total. The third-order valence-electron chi connectivity index (χ3n) is 6.80. The highest BCUT2D eigenvalue weighted by molar-refractivity contribution is 9.10. The van der Waals surface area contributed by atoms with Gasteiger partial charge in [0.05, 0.1) is 30.9 Å². The summed E-state index contributed by atoms with van der Waals surface area (Å²) in [6.45, 7) is 8.49. The Bertz CT molecular complexity index is 1190. The Morgan fingerprint density at radius 2 is 1.07 bits per heavy atom. The van der Waals surface area contributed by atoms with Crippen molar-refractivity contribution in [2.24, 2.45) is 0 Å². The van der Waals surface area contributed by atoms with Crippen molar-refractivity contribution in [1.29, 1.82) is 0 Å². The summed E-state index contributed by atoms with van der Waals surface area (Å²) >= 11 is 3.44. The SMILES string of the molecule is CCCCCCOc1ccc(-c2nc(Br)nc(-c3ccc(OCCCCCC)cc3OCCCCCC)n2)c(O)c1. The molecule has 0 saturated heterocycles. The summed E-state index contributed by atoms with van der Waals surface area (Å²) in [7, 11) is 0. The van der Waals surface area contributed by atoms with Crippen LogP contribution < -0.4 is 14.2 Å². The van der Waals surface area contributed by atoms with Crippen LogP contribution in [0.1, 0.15) is 97.8 Å². The van der Waals surface area contributed by atoms with E-state index >= 15 is 0 Å². The minimum absolute atomic E-state index is 0.0549. The van der Waals surface area contributed by atoms with Crippen LogP contribution in [-0.2, 0) is 0 Å². The number of hydrogen-bond acceptors (Lipinski definition) is 7. The maximum atomic E-state index is 10.8. The largest absolute Gasteiger partial charge is 0.507 e. The van der Waals surface area contributed by atoms with Gasteiger partial charge in [0, 0.05) is 12.1 Å². The molecule has 8 heteroatoms. The van der Waals surface area contributed by atoms with E-state index in [0.717, 1.165) is 49.8 Å². The molecule has 0 saturated carbocycles.